The second-order valence-electron chi connectivity index (χ2n) is 4.24. The molecule has 3 rings (SSSR count). The molecule has 3 aromatic rings. The van der Waals surface area contributed by atoms with Crippen LogP contribution < -0.4 is 5.32 Å². The first-order valence-electron chi connectivity index (χ1n) is 5.92. The van der Waals surface area contributed by atoms with E-state index >= 15 is 0 Å². The molecule has 1 amide bonds. The number of pyridine rings is 1. The highest BCUT2D eigenvalue weighted by Crippen LogP contribution is 2.25. The van der Waals surface area contributed by atoms with Gasteiger partial charge < -0.3 is 5.32 Å². The van der Waals surface area contributed by atoms with E-state index in [0.717, 1.165) is 20.9 Å². The zero-order valence-electron chi connectivity index (χ0n) is 10.6. The fourth-order valence-corrected chi connectivity index (χ4v) is 2.93. The van der Waals surface area contributed by atoms with E-state index in [-0.39, 0.29) is 5.91 Å². The van der Waals surface area contributed by atoms with E-state index in [1.165, 1.54) is 6.20 Å². The minimum atomic E-state index is -0.175. The molecular formula is C14H10BrN3OS. The lowest BCUT2D eigenvalue weighted by atomic mass is 10.2. The van der Waals surface area contributed by atoms with Crippen LogP contribution in [0.25, 0.3) is 10.2 Å². The zero-order valence-corrected chi connectivity index (χ0v) is 13.0. The molecule has 4 nitrogen and oxygen atoms in total. The molecule has 100 valence electrons. The van der Waals surface area contributed by atoms with Crippen LogP contribution in [0, 0.1) is 6.92 Å². The van der Waals surface area contributed by atoms with Crippen molar-refractivity contribution in [2.24, 2.45) is 0 Å². The van der Waals surface area contributed by atoms with E-state index in [1.807, 2.05) is 25.1 Å². The van der Waals surface area contributed by atoms with Gasteiger partial charge in [-0.2, -0.15) is 0 Å². The number of benzene rings is 1. The molecule has 2 heterocycles. The van der Waals surface area contributed by atoms with Crippen LogP contribution in [-0.2, 0) is 0 Å². The number of aromatic nitrogens is 2. The van der Waals surface area contributed by atoms with E-state index in [9.17, 15) is 4.79 Å². The summed E-state index contributed by atoms with van der Waals surface area (Å²) in [4.78, 5) is 20.5. The topological polar surface area (TPSA) is 54.9 Å². The van der Waals surface area contributed by atoms with E-state index in [2.05, 4.69) is 31.2 Å². The number of fused-ring (bicyclic) bond motifs is 1. The Labute approximate surface area is 128 Å². The van der Waals surface area contributed by atoms with E-state index in [1.54, 1.807) is 23.5 Å². The third kappa shape index (κ3) is 2.71. The number of halogens is 1. The predicted molar refractivity (Wildman–Crippen MR) is 84.2 cm³/mol. The molecular weight excluding hydrogens is 338 g/mol. The molecule has 0 saturated carbocycles. The SMILES string of the molecule is Cc1nc2ccc(NC(=O)c3ccc(Br)nc3)cc2s1. The monoisotopic (exact) mass is 347 g/mol. The summed E-state index contributed by atoms with van der Waals surface area (Å²) in [5.74, 6) is -0.175. The molecule has 0 aliphatic carbocycles. The van der Waals surface area contributed by atoms with Crippen molar-refractivity contribution < 1.29 is 4.79 Å². The van der Waals surface area contributed by atoms with Crippen LogP contribution >= 0.6 is 27.3 Å². The normalized spacial score (nSPS) is 10.7. The number of hydrogen-bond acceptors (Lipinski definition) is 4. The Morgan fingerprint density at radius 3 is 2.90 bits per heavy atom. The van der Waals surface area contributed by atoms with Gasteiger partial charge in [-0.25, -0.2) is 9.97 Å². The number of hydrogen-bond donors (Lipinski definition) is 1. The molecule has 1 aromatic carbocycles. The number of carbonyl (C=O) groups is 1. The van der Waals surface area contributed by atoms with Crippen molar-refractivity contribution >= 4 is 49.1 Å². The molecule has 0 atom stereocenters. The maximum Gasteiger partial charge on any atom is 0.257 e. The summed E-state index contributed by atoms with van der Waals surface area (Å²) in [6, 6.07) is 9.16. The van der Waals surface area contributed by atoms with Gasteiger partial charge in [0.2, 0.25) is 0 Å². The van der Waals surface area contributed by atoms with Crippen LogP contribution in [0.2, 0.25) is 0 Å². The molecule has 0 spiro atoms. The zero-order chi connectivity index (χ0) is 14.1. The van der Waals surface area contributed by atoms with Crippen molar-refractivity contribution in [3.63, 3.8) is 0 Å². The first-order valence-corrected chi connectivity index (χ1v) is 7.53. The minimum absolute atomic E-state index is 0.175. The van der Waals surface area contributed by atoms with Gasteiger partial charge in [0.1, 0.15) is 4.60 Å². The Bertz CT molecular complexity index is 783. The summed E-state index contributed by atoms with van der Waals surface area (Å²) in [5.41, 5.74) is 2.23. The summed E-state index contributed by atoms with van der Waals surface area (Å²) in [6.45, 7) is 1.97. The molecule has 0 saturated heterocycles. The molecule has 0 radical (unpaired) electrons. The molecule has 0 aliphatic rings. The van der Waals surface area contributed by atoms with E-state index < -0.39 is 0 Å². The van der Waals surface area contributed by atoms with Gasteiger partial charge in [-0.1, -0.05) is 0 Å². The first-order chi connectivity index (χ1) is 9.61. The first kappa shape index (κ1) is 13.2. The highest BCUT2D eigenvalue weighted by molar-refractivity contribution is 9.10. The number of anilines is 1. The Hall–Kier alpha value is -1.79. The van der Waals surface area contributed by atoms with Crippen molar-refractivity contribution in [2.75, 3.05) is 5.32 Å². The van der Waals surface area contributed by atoms with E-state index in [4.69, 9.17) is 0 Å². The average molecular weight is 348 g/mol. The lowest BCUT2D eigenvalue weighted by molar-refractivity contribution is 0.102. The number of nitrogens with zero attached hydrogens (tertiary/aromatic N) is 2. The van der Waals surface area contributed by atoms with Crippen LogP contribution in [0.4, 0.5) is 5.69 Å². The van der Waals surface area contributed by atoms with Gasteiger partial charge in [0.25, 0.3) is 5.91 Å². The highest BCUT2D eigenvalue weighted by atomic mass is 79.9. The highest BCUT2D eigenvalue weighted by Gasteiger charge is 2.08. The second-order valence-corrected chi connectivity index (χ2v) is 6.29. The Kier molecular flexibility index (Phi) is 3.50. The maximum atomic E-state index is 12.1. The number of aryl methyl sites for hydroxylation is 1. The number of carbonyl (C=O) groups excluding carboxylic acids is 1. The fourth-order valence-electron chi connectivity index (χ4n) is 1.83. The predicted octanol–water partition coefficient (Wildman–Crippen LogP) is 4.01. The number of rotatable bonds is 2. The number of amides is 1. The summed E-state index contributed by atoms with van der Waals surface area (Å²) in [5, 5.41) is 3.88. The van der Waals surface area contributed by atoms with Crippen LogP contribution in [0.1, 0.15) is 15.4 Å². The van der Waals surface area contributed by atoms with Crippen molar-refractivity contribution in [1.29, 1.82) is 0 Å². The molecule has 0 bridgehead atoms. The third-order valence-electron chi connectivity index (χ3n) is 2.74. The minimum Gasteiger partial charge on any atom is -0.322 e. The molecule has 0 unspecified atom stereocenters. The van der Waals surface area contributed by atoms with Gasteiger partial charge in [-0.15, -0.1) is 11.3 Å². The van der Waals surface area contributed by atoms with Crippen molar-refractivity contribution in [3.05, 3.63) is 51.7 Å². The molecule has 0 aliphatic heterocycles. The Balaban J connectivity index is 1.84. The van der Waals surface area contributed by atoms with Gasteiger partial charge in [0.15, 0.2) is 0 Å². The fraction of sp³-hybridized carbons (Fsp3) is 0.0714. The molecule has 2 aromatic heterocycles. The van der Waals surface area contributed by atoms with Crippen LogP contribution in [-0.4, -0.2) is 15.9 Å². The van der Waals surface area contributed by atoms with Crippen molar-refractivity contribution in [3.8, 4) is 0 Å². The largest absolute Gasteiger partial charge is 0.322 e. The van der Waals surface area contributed by atoms with Gasteiger partial charge in [0.05, 0.1) is 20.8 Å². The average Bonchev–Trinajstić information content (AvgIpc) is 2.78. The second kappa shape index (κ2) is 5.30. The standard InChI is InChI=1S/C14H10BrN3OS/c1-8-17-11-4-3-10(6-12(11)20-8)18-14(19)9-2-5-13(15)16-7-9/h2-7H,1H3,(H,18,19). The number of thiazole rings is 1. The van der Waals surface area contributed by atoms with Gasteiger partial charge in [0, 0.05) is 11.9 Å². The van der Waals surface area contributed by atoms with Gasteiger partial charge in [-0.3, -0.25) is 4.79 Å². The molecule has 1 N–H and O–H groups in total. The maximum absolute atomic E-state index is 12.1. The number of nitrogens with one attached hydrogen (secondary N) is 1. The molecule has 6 heteroatoms. The van der Waals surface area contributed by atoms with Crippen LogP contribution in [0.15, 0.2) is 41.1 Å². The Morgan fingerprint density at radius 1 is 1.30 bits per heavy atom. The quantitative estimate of drug-likeness (QED) is 0.712. The van der Waals surface area contributed by atoms with E-state index in [0.29, 0.717) is 10.2 Å². The lowest BCUT2D eigenvalue weighted by Crippen LogP contribution is -2.11. The van der Waals surface area contributed by atoms with Crippen molar-refractivity contribution in [1.82, 2.24) is 9.97 Å². The Morgan fingerprint density at radius 2 is 2.15 bits per heavy atom. The summed E-state index contributed by atoms with van der Waals surface area (Å²) >= 11 is 4.85. The van der Waals surface area contributed by atoms with Gasteiger partial charge in [-0.05, 0) is 53.2 Å². The molecule has 0 fully saturated rings. The van der Waals surface area contributed by atoms with Crippen molar-refractivity contribution in [2.45, 2.75) is 6.92 Å². The van der Waals surface area contributed by atoms with Gasteiger partial charge >= 0.3 is 0 Å². The summed E-state index contributed by atoms with van der Waals surface area (Å²) in [7, 11) is 0. The smallest absolute Gasteiger partial charge is 0.257 e. The third-order valence-corrected chi connectivity index (χ3v) is 4.15. The van der Waals surface area contributed by atoms with Crippen LogP contribution in [0.5, 0.6) is 0 Å². The lowest BCUT2D eigenvalue weighted by Gasteiger charge is -2.04. The summed E-state index contributed by atoms with van der Waals surface area (Å²) < 4.78 is 1.77. The van der Waals surface area contributed by atoms with Crippen LogP contribution in [0.3, 0.4) is 0 Å². The molecule has 20 heavy (non-hydrogen) atoms. The summed E-state index contributed by atoms with van der Waals surface area (Å²) in [6.07, 6.45) is 1.54.